The third kappa shape index (κ3) is 3.17. The number of amides is 1. The van der Waals surface area contributed by atoms with E-state index in [2.05, 4.69) is 21.2 Å². The molecule has 0 aliphatic carbocycles. The maximum Gasteiger partial charge on any atom is 0.255 e. The second kappa shape index (κ2) is 5.31. The average Bonchev–Trinajstić information content (AvgIpc) is 2.27. The van der Waals surface area contributed by atoms with Crippen molar-refractivity contribution in [2.24, 2.45) is 0 Å². The standard InChI is InChI=1S/C14H11BrFNO/c1-9-3-2-4-13(5-9)17-14(18)10-6-11(15)8-12(16)7-10/h2-8H,1H3,(H,17,18). The van der Waals surface area contributed by atoms with Gasteiger partial charge < -0.3 is 5.32 Å². The van der Waals surface area contributed by atoms with Crippen molar-refractivity contribution in [2.75, 3.05) is 5.32 Å². The maximum absolute atomic E-state index is 13.2. The van der Waals surface area contributed by atoms with E-state index in [0.717, 1.165) is 5.56 Å². The van der Waals surface area contributed by atoms with E-state index in [1.165, 1.54) is 12.1 Å². The molecule has 0 atom stereocenters. The van der Waals surface area contributed by atoms with Gasteiger partial charge in [-0.1, -0.05) is 28.1 Å². The topological polar surface area (TPSA) is 29.1 Å². The molecule has 2 aromatic rings. The first-order chi connectivity index (χ1) is 8.54. The number of anilines is 1. The summed E-state index contributed by atoms with van der Waals surface area (Å²) in [6.07, 6.45) is 0. The van der Waals surface area contributed by atoms with Crippen LogP contribution in [-0.4, -0.2) is 5.91 Å². The zero-order valence-corrected chi connectivity index (χ0v) is 11.3. The van der Waals surface area contributed by atoms with Gasteiger partial charge in [0.2, 0.25) is 0 Å². The van der Waals surface area contributed by atoms with E-state index in [4.69, 9.17) is 0 Å². The van der Waals surface area contributed by atoms with Crippen LogP contribution in [0.3, 0.4) is 0 Å². The summed E-state index contributed by atoms with van der Waals surface area (Å²) in [7, 11) is 0. The SMILES string of the molecule is Cc1cccc(NC(=O)c2cc(F)cc(Br)c2)c1. The first-order valence-electron chi connectivity index (χ1n) is 5.39. The number of hydrogen-bond acceptors (Lipinski definition) is 1. The molecule has 0 fully saturated rings. The fourth-order valence-electron chi connectivity index (χ4n) is 1.61. The van der Waals surface area contributed by atoms with Crippen molar-refractivity contribution < 1.29 is 9.18 Å². The molecule has 0 aromatic heterocycles. The van der Waals surface area contributed by atoms with Crippen LogP contribution >= 0.6 is 15.9 Å². The largest absolute Gasteiger partial charge is 0.322 e. The molecule has 0 spiro atoms. The summed E-state index contributed by atoms with van der Waals surface area (Å²) >= 11 is 3.16. The average molecular weight is 308 g/mol. The molecular formula is C14H11BrFNO. The van der Waals surface area contributed by atoms with E-state index < -0.39 is 5.82 Å². The molecule has 0 heterocycles. The number of benzene rings is 2. The van der Waals surface area contributed by atoms with E-state index in [0.29, 0.717) is 10.2 Å². The van der Waals surface area contributed by atoms with Gasteiger partial charge in [-0.15, -0.1) is 0 Å². The van der Waals surface area contributed by atoms with Gasteiger partial charge in [0.1, 0.15) is 5.82 Å². The highest BCUT2D eigenvalue weighted by molar-refractivity contribution is 9.10. The molecule has 0 aliphatic heterocycles. The molecule has 2 rings (SSSR count). The van der Waals surface area contributed by atoms with Gasteiger partial charge >= 0.3 is 0 Å². The molecule has 0 radical (unpaired) electrons. The number of rotatable bonds is 2. The highest BCUT2D eigenvalue weighted by atomic mass is 79.9. The molecule has 0 saturated heterocycles. The lowest BCUT2D eigenvalue weighted by Gasteiger charge is -2.06. The van der Waals surface area contributed by atoms with E-state index in [1.54, 1.807) is 12.1 Å². The molecule has 2 nitrogen and oxygen atoms in total. The Balaban J connectivity index is 2.22. The molecule has 0 aliphatic rings. The van der Waals surface area contributed by atoms with Crippen molar-refractivity contribution in [1.82, 2.24) is 0 Å². The maximum atomic E-state index is 13.2. The Morgan fingerprint density at radius 2 is 2.00 bits per heavy atom. The summed E-state index contributed by atoms with van der Waals surface area (Å²) < 4.78 is 13.7. The summed E-state index contributed by atoms with van der Waals surface area (Å²) in [5, 5.41) is 2.73. The summed E-state index contributed by atoms with van der Waals surface area (Å²) in [6, 6.07) is 11.5. The van der Waals surface area contributed by atoms with Crippen molar-refractivity contribution in [3.05, 3.63) is 63.9 Å². The van der Waals surface area contributed by atoms with Crippen molar-refractivity contribution >= 4 is 27.5 Å². The molecule has 4 heteroatoms. The number of nitrogens with one attached hydrogen (secondary N) is 1. The Kier molecular flexibility index (Phi) is 3.77. The number of carbonyl (C=O) groups excluding carboxylic acids is 1. The van der Waals surface area contributed by atoms with Crippen LogP contribution in [0.5, 0.6) is 0 Å². The minimum Gasteiger partial charge on any atom is -0.322 e. The van der Waals surface area contributed by atoms with Gasteiger partial charge in [0.15, 0.2) is 0 Å². The van der Waals surface area contributed by atoms with Gasteiger partial charge in [-0.05, 0) is 42.8 Å². The zero-order valence-electron chi connectivity index (χ0n) is 9.71. The van der Waals surface area contributed by atoms with E-state index in [9.17, 15) is 9.18 Å². The van der Waals surface area contributed by atoms with Crippen LogP contribution in [0, 0.1) is 12.7 Å². The zero-order chi connectivity index (χ0) is 13.1. The van der Waals surface area contributed by atoms with Crippen molar-refractivity contribution in [2.45, 2.75) is 6.92 Å². The minimum atomic E-state index is -0.446. The van der Waals surface area contributed by atoms with Crippen LogP contribution < -0.4 is 5.32 Å². The predicted molar refractivity (Wildman–Crippen MR) is 73.2 cm³/mol. The molecular weight excluding hydrogens is 297 g/mol. The number of halogens is 2. The molecule has 92 valence electrons. The quantitative estimate of drug-likeness (QED) is 0.887. The highest BCUT2D eigenvalue weighted by Crippen LogP contribution is 2.17. The first kappa shape index (κ1) is 12.8. The summed E-state index contributed by atoms with van der Waals surface area (Å²) in [6.45, 7) is 1.94. The Morgan fingerprint density at radius 3 is 2.67 bits per heavy atom. The van der Waals surface area contributed by atoms with E-state index in [1.807, 2.05) is 25.1 Å². The highest BCUT2D eigenvalue weighted by Gasteiger charge is 2.08. The molecule has 2 aromatic carbocycles. The predicted octanol–water partition coefficient (Wildman–Crippen LogP) is 4.15. The lowest BCUT2D eigenvalue weighted by molar-refractivity contribution is 0.102. The molecule has 0 saturated carbocycles. The van der Waals surface area contributed by atoms with Gasteiger partial charge in [-0.2, -0.15) is 0 Å². The Bertz CT molecular complexity index is 578. The Morgan fingerprint density at radius 1 is 1.22 bits per heavy atom. The summed E-state index contributed by atoms with van der Waals surface area (Å²) in [5.74, 6) is -0.778. The fraction of sp³-hybridized carbons (Fsp3) is 0.0714. The molecule has 0 unspecified atom stereocenters. The van der Waals surface area contributed by atoms with Crippen LogP contribution in [0.25, 0.3) is 0 Å². The third-order valence-corrected chi connectivity index (χ3v) is 2.86. The van der Waals surface area contributed by atoms with Gasteiger partial charge in [-0.25, -0.2) is 4.39 Å². The van der Waals surface area contributed by atoms with Gasteiger partial charge in [0, 0.05) is 15.7 Å². The molecule has 18 heavy (non-hydrogen) atoms. The normalized spacial score (nSPS) is 10.2. The second-order valence-electron chi connectivity index (χ2n) is 3.98. The second-order valence-corrected chi connectivity index (χ2v) is 4.90. The van der Waals surface area contributed by atoms with Crippen LogP contribution in [0.4, 0.5) is 10.1 Å². The molecule has 1 N–H and O–H groups in total. The molecule has 0 bridgehead atoms. The number of carbonyl (C=O) groups is 1. The van der Waals surface area contributed by atoms with Crippen LogP contribution in [0.1, 0.15) is 15.9 Å². The van der Waals surface area contributed by atoms with Crippen molar-refractivity contribution in [1.29, 1.82) is 0 Å². The monoisotopic (exact) mass is 307 g/mol. The first-order valence-corrected chi connectivity index (χ1v) is 6.18. The van der Waals surface area contributed by atoms with Gasteiger partial charge in [-0.3, -0.25) is 4.79 Å². The lowest BCUT2D eigenvalue weighted by atomic mass is 10.2. The summed E-state index contributed by atoms with van der Waals surface area (Å²) in [4.78, 5) is 11.9. The Hall–Kier alpha value is -1.68. The minimum absolute atomic E-state index is 0.281. The third-order valence-electron chi connectivity index (χ3n) is 2.40. The van der Waals surface area contributed by atoms with Crippen LogP contribution in [0.15, 0.2) is 46.9 Å². The van der Waals surface area contributed by atoms with Crippen molar-refractivity contribution in [3.63, 3.8) is 0 Å². The summed E-state index contributed by atoms with van der Waals surface area (Å²) in [5.41, 5.74) is 2.02. The Labute approximate surface area is 113 Å². The fourth-order valence-corrected chi connectivity index (χ4v) is 2.08. The van der Waals surface area contributed by atoms with Gasteiger partial charge in [0.05, 0.1) is 0 Å². The van der Waals surface area contributed by atoms with Crippen molar-refractivity contribution in [3.8, 4) is 0 Å². The lowest BCUT2D eigenvalue weighted by Crippen LogP contribution is -2.12. The van der Waals surface area contributed by atoms with E-state index in [-0.39, 0.29) is 11.5 Å². The smallest absolute Gasteiger partial charge is 0.255 e. The van der Waals surface area contributed by atoms with Crippen LogP contribution in [-0.2, 0) is 0 Å². The molecule has 1 amide bonds. The van der Waals surface area contributed by atoms with E-state index >= 15 is 0 Å². The van der Waals surface area contributed by atoms with Crippen LogP contribution in [0.2, 0.25) is 0 Å². The number of hydrogen-bond donors (Lipinski definition) is 1. The van der Waals surface area contributed by atoms with Gasteiger partial charge in [0.25, 0.3) is 5.91 Å². The number of aryl methyl sites for hydroxylation is 1.